The first-order chi connectivity index (χ1) is 12.6. The van der Waals surface area contributed by atoms with Crippen LogP contribution in [0.4, 0.5) is 5.69 Å². The molecular weight excluding hydrogens is 455 g/mol. The Labute approximate surface area is 180 Å². The molecule has 0 amide bonds. The van der Waals surface area contributed by atoms with Gasteiger partial charge in [-0.3, -0.25) is 4.99 Å². The van der Waals surface area contributed by atoms with E-state index in [4.69, 9.17) is 9.73 Å². The fourth-order valence-electron chi connectivity index (χ4n) is 3.81. The number of halogens is 1. The van der Waals surface area contributed by atoms with Gasteiger partial charge in [0.2, 0.25) is 0 Å². The molecule has 1 saturated heterocycles. The Bertz CT molecular complexity index is 595. The first kappa shape index (κ1) is 22.1. The zero-order chi connectivity index (χ0) is 18.4. The number of rotatable bonds is 5. The molecule has 1 saturated carbocycles. The lowest BCUT2D eigenvalue weighted by molar-refractivity contribution is 0.0571. The molecular formula is C20H33IN4O2. The Kier molecular flexibility index (Phi) is 8.47. The van der Waals surface area contributed by atoms with E-state index in [-0.39, 0.29) is 24.0 Å². The Hall–Kier alpha value is -1.22. The summed E-state index contributed by atoms with van der Waals surface area (Å²) in [5, 5.41) is 14.0. The van der Waals surface area contributed by atoms with Crippen molar-refractivity contribution in [3.63, 3.8) is 0 Å². The van der Waals surface area contributed by atoms with Crippen molar-refractivity contribution in [2.75, 3.05) is 51.3 Å². The summed E-state index contributed by atoms with van der Waals surface area (Å²) in [6, 6.07) is 8.25. The van der Waals surface area contributed by atoms with E-state index in [1.807, 2.05) is 12.1 Å². The number of aliphatic imine (C=N–C) groups is 1. The van der Waals surface area contributed by atoms with Crippen LogP contribution in [0.25, 0.3) is 0 Å². The molecule has 2 fully saturated rings. The quantitative estimate of drug-likeness (QED) is 0.379. The van der Waals surface area contributed by atoms with Crippen LogP contribution in [-0.2, 0) is 0 Å². The average Bonchev–Trinajstić information content (AvgIpc) is 3.12. The van der Waals surface area contributed by atoms with Gasteiger partial charge in [-0.05, 0) is 44.0 Å². The molecule has 0 radical (unpaired) electrons. The van der Waals surface area contributed by atoms with Gasteiger partial charge in [0.25, 0.3) is 0 Å². The summed E-state index contributed by atoms with van der Waals surface area (Å²) >= 11 is 0. The largest absolute Gasteiger partial charge is 0.497 e. The fourth-order valence-corrected chi connectivity index (χ4v) is 3.81. The third-order valence-electron chi connectivity index (χ3n) is 5.41. The van der Waals surface area contributed by atoms with Gasteiger partial charge in [0, 0.05) is 38.4 Å². The molecule has 1 aromatic rings. The molecule has 0 spiro atoms. The van der Waals surface area contributed by atoms with Crippen LogP contribution in [0, 0.1) is 0 Å². The number of aliphatic hydroxyl groups is 1. The van der Waals surface area contributed by atoms with E-state index in [9.17, 15) is 5.11 Å². The van der Waals surface area contributed by atoms with Crippen molar-refractivity contribution in [1.29, 1.82) is 0 Å². The maximum Gasteiger partial charge on any atom is 0.194 e. The number of nitrogens with one attached hydrogen (secondary N) is 1. The number of benzene rings is 1. The molecule has 1 aliphatic carbocycles. The third-order valence-corrected chi connectivity index (χ3v) is 5.41. The second-order valence-corrected chi connectivity index (χ2v) is 7.27. The predicted octanol–water partition coefficient (Wildman–Crippen LogP) is 2.71. The molecule has 27 heavy (non-hydrogen) atoms. The van der Waals surface area contributed by atoms with Crippen LogP contribution in [-0.4, -0.2) is 67.9 Å². The van der Waals surface area contributed by atoms with Crippen LogP contribution in [0.15, 0.2) is 29.3 Å². The standard InChI is InChI=1S/C20H32N4O2.HI/c1-3-21-19(22-16-20(25)10-4-5-11-20)24-14-12-23(13-15-24)17-6-8-18(26-2)9-7-17;/h6-9,25H,3-5,10-16H2,1-2H3,(H,21,22);1H. The summed E-state index contributed by atoms with van der Waals surface area (Å²) in [6.45, 7) is 7.21. The van der Waals surface area contributed by atoms with E-state index in [1.54, 1.807) is 7.11 Å². The van der Waals surface area contributed by atoms with Gasteiger partial charge < -0.3 is 25.0 Å². The summed E-state index contributed by atoms with van der Waals surface area (Å²) in [6.07, 6.45) is 3.98. The molecule has 1 aliphatic heterocycles. The van der Waals surface area contributed by atoms with Gasteiger partial charge in [-0.25, -0.2) is 0 Å². The van der Waals surface area contributed by atoms with Gasteiger partial charge in [0.1, 0.15) is 5.75 Å². The summed E-state index contributed by atoms with van der Waals surface area (Å²) in [4.78, 5) is 9.46. The van der Waals surface area contributed by atoms with Gasteiger partial charge in [-0.15, -0.1) is 24.0 Å². The number of methoxy groups -OCH3 is 1. The summed E-state index contributed by atoms with van der Waals surface area (Å²) < 4.78 is 5.24. The number of hydrogen-bond donors (Lipinski definition) is 2. The molecule has 0 aromatic heterocycles. The number of piperazine rings is 1. The van der Waals surface area contributed by atoms with Crippen LogP contribution < -0.4 is 15.0 Å². The lowest BCUT2D eigenvalue weighted by atomic mass is 10.0. The predicted molar refractivity (Wildman–Crippen MR) is 122 cm³/mol. The lowest BCUT2D eigenvalue weighted by Crippen LogP contribution is -2.53. The van der Waals surface area contributed by atoms with E-state index in [2.05, 4.69) is 34.2 Å². The van der Waals surface area contributed by atoms with Crippen LogP contribution in [0.5, 0.6) is 5.75 Å². The maximum atomic E-state index is 10.6. The highest BCUT2D eigenvalue weighted by Crippen LogP contribution is 2.29. The van der Waals surface area contributed by atoms with Crippen molar-refractivity contribution in [2.24, 2.45) is 4.99 Å². The maximum absolute atomic E-state index is 10.6. The topological polar surface area (TPSA) is 60.3 Å². The lowest BCUT2D eigenvalue weighted by Gasteiger charge is -2.38. The van der Waals surface area contributed by atoms with Crippen molar-refractivity contribution >= 4 is 35.6 Å². The molecule has 1 heterocycles. The van der Waals surface area contributed by atoms with Gasteiger partial charge in [0.15, 0.2) is 5.96 Å². The Morgan fingerprint density at radius 3 is 2.33 bits per heavy atom. The van der Waals surface area contributed by atoms with Crippen molar-refractivity contribution in [1.82, 2.24) is 10.2 Å². The molecule has 0 unspecified atom stereocenters. The Balaban J connectivity index is 0.00000261. The van der Waals surface area contributed by atoms with Crippen LogP contribution in [0.3, 0.4) is 0 Å². The second kappa shape index (κ2) is 10.4. The Morgan fingerprint density at radius 1 is 1.15 bits per heavy atom. The minimum Gasteiger partial charge on any atom is -0.497 e. The van der Waals surface area contributed by atoms with Crippen LogP contribution in [0.1, 0.15) is 32.6 Å². The molecule has 2 aliphatic rings. The second-order valence-electron chi connectivity index (χ2n) is 7.27. The van der Waals surface area contributed by atoms with E-state index < -0.39 is 5.60 Å². The minimum atomic E-state index is -0.592. The molecule has 1 aromatic carbocycles. The molecule has 0 atom stereocenters. The highest BCUT2D eigenvalue weighted by Gasteiger charge is 2.31. The van der Waals surface area contributed by atoms with E-state index in [0.717, 1.165) is 70.1 Å². The minimum absolute atomic E-state index is 0. The van der Waals surface area contributed by atoms with Gasteiger partial charge in [-0.2, -0.15) is 0 Å². The van der Waals surface area contributed by atoms with Crippen LogP contribution in [0.2, 0.25) is 0 Å². The van der Waals surface area contributed by atoms with Gasteiger partial charge in [-0.1, -0.05) is 12.8 Å². The molecule has 7 heteroatoms. The van der Waals surface area contributed by atoms with Crippen molar-refractivity contribution < 1.29 is 9.84 Å². The zero-order valence-electron chi connectivity index (χ0n) is 16.5. The van der Waals surface area contributed by atoms with Gasteiger partial charge in [0.05, 0.1) is 19.3 Å². The number of ether oxygens (including phenoxy) is 1. The monoisotopic (exact) mass is 488 g/mol. The fraction of sp³-hybridized carbons (Fsp3) is 0.650. The average molecular weight is 488 g/mol. The summed E-state index contributed by atoms with van der Waals surface area (Å²) in [7, 11) is 1.69. The normalized spacial score (nSPS) is 19.6. The first-order valence-electron chi connectivity index (χ1n) is 9.78. The molecule has 0 bridgehead atoms. The van der Waals surface area contributed by atoms with Gasteiger partial charge >= 0.3 is 0 Å². The summed E-state index contributed by atoms with van der Waals surface area (Å²) in [5.41, 5.74) is 0.638. The van der Waals surface area contributed by atoms with E-state index in [0.29, 0.717) is 6.54 Å². The van der Waals surface area contributed by atoms with Crippen molar-refractivity contribution in [3.8, 4) is 5.75 Å². The molecule has 3 rings (SSSR count). The molecule has 152 valence electrons. The highest BCUT2D eigenvalue weighted by molar-refractivity contribution is 14.0. The smallest absolute Gasteiger partial charge is 0.194 e. The molecule has 6 nitrogen and oxygen atoms in total. The zero-order valence-corrected chi connectivity index (χ0v) is 18.8. The van der Waals surface area contributed by atoms with E-state index in [1.165, 1.54) is 5.69 Å². The first-order valence-corrected chi connectivity index (χ1v) is 9.78. The number of nitrogens with zero attached hydrogens (tertiary/aromatic N) is 3. The van der Waals surface area contributed by atoms with Crippen molar-refractivity contribution in [3.05, 3.63) is 24.3 Å². The number of hydrogen-bond acceptors (Lipinski definition) is 4. The summed E-state index contributed by atoms with van der Waals surface area (Å²) in [5.74, 6) is 1.82. The van der Waals surface area contributed by atoms with Crippen molar-refractivity contribution in [2.45, 2.75) is 38.2 Å². The molecule has 2 N–H and O–H groups in total. The van der Waals surface area contributed by atoms with E-state index >= 15 is 0 Å². The number of guanidine groups is 1. The SMILES string of the molecule is CCNC(=NCC1(O)CCCC1)N1CCN(c2ccc(OC)cc2)CC1.I. The third kappa shape index (κ3) is 5.88. The van der Waals surface area contributed by atoms with Crippen LogP contribution >= 0.6 is 24.0 Å². The Morgan fingerprint density at radius 2 is 1.78 bits per heavy atom. The number of anilines is 1. The highest BCUT2D eigenvalue weighted by atomic mass is 127.